The molecule has 2 nitrogen and oxygen atoms in total. The lowest BCUT2D eigenvalue weighted by Crippen LogP contribution is -2.54. The molecule has 42 valence electrons. The summed E-state index contributed by atoms with van der Waals surface area (Å²) in [5.74, 6) is 0.610. The monoisotopic (exact) mass is 110 g/mol. The van der Waals surface area contributed by atoms with E-state index in [9.17, 15) is 4.79 Å². The second-order valence-electron chi connectivity index (χ2n) is 2.48. The van der Waals surface area contributed by atoms with E-state index in [1.807, 2.05) is 0 Å². The summed E-state index contributed by atoms with van der Waals surface area (Å²) in [6.45, 7) is 0. The molecule has 1 heterocycles. The average Bonchev–Trinajstić information content (AvgIpc) is 2.09. The molecule has 0 aromatic rings. The minimum atomic E-state index is 0.253. The SMILES string of the molecule is O=C1N[C@@H]2C[CH+]C[C@H]12. The molecule has 0 bridgehead atoms. The van der Waals surface area contributed by atoms with E-state index in [0.29, 0.717) is 12.0 Å². The van der Waals surface area contributed by atoms with E-state index in [1.165, 1.54) is 0 Å². The first-order valence-electron chi connectivity index (χ1n) is 3.00. The summed E-state index contributed by atoms with van der Waals surface area (Å²) in [6, 6.07) is 0.516. The number of β-lactam (4-membered cyclic amide) rings is 1. The standard InChI is InChI=1S/C6H7NO/c8-6-4-2-1-3-5(4)7-6/h1,4-5H,2-3H2/p+1/t4-,5+/m0/s1. The molecule has 2 atom stereocenters. The van der Waals surface area contributed by atoms with Crippen LogP contribution in [0.25, 0.3) is 0 Å². The summed E-state index contributed by atoms with van der Waals surface area (Å²) in [5.41, 5.74) is 0. The van der Waals surface area contributed by atoms with E-state index in [4.69, 9.17) is 0 Å². The molecule has 0 aromatic carbocycles. The molecule has 1 saturated heterocycles. The minimum absolute atomic E-state index is 0.253. The summed E-state index contributed by atoms with van der Waals surface area (Å²) in [7, 11) is 0. The lowest BCUT2D eigenvalue weighted by atomic mass is 9.95. The van der Waals surface area contributed by atoms with Crippen LogP contribution >= 0.6 is 0 Å². The third kappa shape index (κ3) is 0.335. The van der Waals surface area contributed by atoms with E-state index in [-0.39, 0.29) is 5.91 Å². The van der Waals surface area contributed by atoms with Crippen molar-refractivity contribution in [1.29, 1.82) is 0 Å². The maximum atomic E-state index is 10.6. The molecule has 1 aliphatic heterocycles. The van der Waals surface area contributed by atoms with Crippen molar-refractivity contribution in [2.24, 2.45) is 5.92 Å². The molecule has 0 unspecified atom stereocenters. The lowest BCUT2D eigenvalue weighted by Gasteiger charge is -2.26. The van der Waals surface area contributed by atoms with Gasteiger partial charge in [-0.05, 0) is 0 Å². The topological polar surface area (TPSA) is 29.1 Å². The predicted molar refractivity (Wildman–Crippen MR) is 29.0 cm³/mol. The quantitative estimate of drug-likeness (QED) is 0.348. The van der Waals surface area contributed by atoms with Crippen LogP contribution in [0.3, 0.4) is 0 Å². The van der Waals surface area contributed by atoms with E-state index in [0.717, 1.165) is 12.8 Å². The van der Waals surface area contributed by atoms with Gasteiger partial charge in [-0.1, -0.05) is 0 Å². The number of carbonyl (C=O) groups excluding carboxylic acids is 1. The molecule has 0 spiro atoms. The largest absolute Gasteiger partial charge is 0.348 e. The number of nitrogens with one attached hydrogen (secondary N) is 1. The van der Waals surface area contributed by atoms with Gasteiger partial charge in [-0.15, -0.1) is 0 Å². The second-order valence-corrected chi connectivity index (χ2v) is 2.48. The van der Waals surface area contributed by atoms with Crippen molar-refractivity contribution in [2.75, 3.05) is 0 Å². The van der Waals surface area contributed by atoms with Crippen LogP contribution in [0.15, 0.2) is 0 Å². The van der Waals surface area contributed by atoms with Gasteiger partial charge < -0.3 is 5.32 Å². The zero-order valence-corrected chi connectivity index (χ0v) is 4.55. The third-order valence-corrected chi connectivity index (χ3v) is 1.99. The third-order valence-electron chi connectivity index (χ3n) is 1.99. The number of hydrogen-bond acceptors (Lipinski definition) is 1. The fraction of sp³-hybridized carbons (Fsp3) is 0.667. The van der Waals surface area contributed by atoms with Crippen molar-refractivity contribution >= 4 is 5.91 Å². The molecular weight excluding hydrogens is 102 g/mol. The zero-order valence-electron chi connectivity index (χ0n) is 4.55. The van der Waals surface area contributed by atoms with E-state index < -0.39 is 0 Å². The van der Waals surface area contributed by atoms with Crippen LogP contribution in [0.1, 0.15) is 12.8 Å². The van der Waals surface area contributed by atoms with Gasteiger partial charge in [0.05, 0.1) is 12.5 Å². The number of fused-ring (bicyclic) bond motifs is 1. The van der Waals surface area contributed by atoms with Gasteiger partial charge in [0.2, 0.25) is 5.91 Å². The Hall–Kier alpha value is -0.660. The van der Waals surface area contributed by atoms with Crippen LogP contribution in [0, 0.1) is 12.3 Å². The van der Waals surface area contributed by atoms with Crippen LogP contribution in [-0.2, 0) is 4.79 Å². The van der Waals surface area contributed by atoms with Gasteiger partial charge in [0.25, 0.3) is 0 Å². The van der Waals surface area contributed by atoms with Crippen LogP contribution in [-0.4, -0.2) is 11.9 Å². The van der Waals surface area contributed by atoms with Crippen molar-refractivity contribution < 1.29 is 4.79 Å². The summed E-state index contributed by atoms with van der Waals surface area (Å²) < 4.78 is 0. The van der Waals surface area contributed by atoms with Crippen molar-refractivity contribution in [2.45, 2.75) is 18.9 Å². The molecule has 1 amide bonds. The molecule has 2 rings (SSSR count). The van der Waals surface area contributed by atoms with Gasteiger partial charge in [-0.3, -0.25) is 4.79 Å². The number of rotatable bonds is 0. The highest BCUT2D eigenvalue weighted by Gasteiger charge is 2.47. The van der Waals surface area contributed by atoms with Crippen molar-refractivity contribution in [1.82, 2.24) is 5.32 Å². The van der Waals surface area contributed by atoms with Crippen LogP contribution in [0.2, 0.25) is 0 Å². The normalized spacial score (nSPS) is 41.8. The van der Waals surface area contributed by atoms with Crippen molar-refractivity contribution in [3.63, 3.8) is 0 Å². The van der Waals surface area contributed by atoms with Gasteiger partial charge in [0, 0.05) is 0 Å². The minimum Gasteiger partial charge on any atom is -0.348 e. The van der Waals surface area contributed by atoms with E-state index in [2.05, 4.69) is 11.7 Å². The second kappa shape index (κ2) is 1.19. The van der Waals surface area contributed by atoms with E-state index >= 15 is 0 Å². The molecule has 1 aliphatic carbocycles. The molecule has 2 fully saturated rings. The summed E-state index contributed by atoms with van der Waals surface area (Å²) >= 11 is 0. The number of hydrogen-bond donors (Lipinski definition) is 1. The fourth-order valence-corrected chi connectivity index (χ4v) is 1.43. The average molecular weight is 110 g/mol. The Balaban J connectivity index is 2.11. The van der Waals surface area contributed by atoms with Crippen LogP contribution in [0.5, 0.6) is 0 Å². The summed E-state index contributed by atoms with van der Waals surface area (Å²) in [5, 5.41) is 2.83. The first-order valence-corrected chi connectivity index (χ1v) is 3.00. The smallest absolute Gasteiger partial charge is 0.230 e. The maximum Gasteiger partial charge on any atom is 0.230 e. The van der Waals surface area contributed by atoms with Crippen molar-refractivity contribution in [3.8, 4) is 0 Å². The van der Waals surface area contributed by atoms with E-state index in [1.54, 1.807) is 0 Å². The van der Waals surface area contributed by atoms with Gasteiger partial charge in [-0.2, -0.15) is 0 Å². The molecule has 1 saturated carbocycles. The molecule has 8 heavy (non-hydrogen) atoms. The highest BCUT2D eigenvalue weighted by molar-refractivity contribution is 5.86. The van der Waals surface area contributed by atoms with Gasteiger partial charge in [0.15, 0.2) is 0 Å². The zero-order chi connectivity index (χ0) is 5.56. The molecule has 0 aromatic heterocycles. The molecule has 1 N–H and O–H groups in total. The van der Waals surface area contributed by atoms with Crippen LogP contribution < -0.4 is 5.32 Å². The molecule has 0 radical (unpaired) electrons. The maximum absolute atomic E-state index is 10.6. The van der Waals surface area contributed by atoms with Gasteiger partial charge in [0.1, 0.15) is 18.8 Å². The Kier molecular flexibility index (Phi) is 0.629. The Morgan fingerprint density at radius 2 is 2.50 bits per heavy atom. The lowest BCUT2D eigenvalue weighted by molar-refractivity contribution is -0.133. The number of amides is 1. The Bertz CT molecular complexity index is 132. The molecule has 2 heteroatoms. The van der Waals surface area contributed by atoms with Crippen molar-refractivity contribution in [3.05, 3.63) is 6.42 Å². The fourth-order valence-electron chi connectivity index (χ4n) is 1.43. The summed E-state index contributed by atoms with van der Waals surface area (Å²) in [4.78, 5) is 10.6. The molecule has 2 aliphatic rings. The van der Waals surface area contributed by atoms with Crippen LogP contribution in [0.4, 0.5) is 0 Å². The van der Waals surface area contributed by atoms with Gasteiger partial charge >= 0.3 is 0 Å². The van der Waals surface area contributed by atoms with Gasteiger partial charge in [-0.25, -0.2) is 0 Å². The Morgan fingerprint density at radius 3 is 3.00 bits per heavy atom. The summed E-state index contributed by atoms with van der Waals surface area (Å²) in [6.07, 6.45) is 4.29. The molecular formula is C6H8NO+. The highest BCUT2D eigenvalue weighted by atomic mass is 16.2. The number of carbonyl (C=O) groups is 1. The first-order chi connectivity index (χ1) is 3.88. The Labute approximate surface area is 48.3 Å². The predicted octanol–water partition coefficient (Wildman–Crippen LogP) is 0.0991. The Morgan fingerprint density at radius 1 is 1.62 bits per heavy atom. The highest BCUT2D eigenvalue weighted by Crippen LogP contribution is 2.31. The first kappa shape index (κ1) is 4.24.